The van der Waals surface area contributed by atoms with Gasteiger partial charge in [-0.2, -0.15) is 13.2 Å². The summed E-state index contributed by atoms with van der Waals surface area (Å²) in [6.07, 6.45) is -10.5. The predicted molar refractivity (Wildman–Crippen MR) is 75.9 cm³/mol. The SMILES string of the molecule is O=c1cc(C(F)(F)F)c2ccc(O[C@@H]3OC[C@H](O)[C@H](O)[C@H]3O)cc2o1. The van der Waals surface area contributed by atoms with E-state index in [2.05, 4.69) is 0 Å². The van der Waals surface area contributed by atoms with Gasteiger partial charge in [0.1, 0.15) is 29.6 Å². The number of alkyl halides is 3. The zero-order valence-electron chi connectivity index (χ0n) is 12.4. The highest BCUT2D eigenvalue weighted by atomic mass is 19.4. The van der Waals surface area contributed by atoms with E-state index in [1.54, 1.807) is 0 Å². The second kappa shape index (κ2) is 6.30. The van der Waals surface area contributed by atoms with Gasteiger partial charge >= 0.3 is 11.8 Å². The summed E-state index contributed by atoms with van der Waals surface area (Å²) in [5.41, 5.74) is -2.68. The van der Waals surface area contributed by atoms with Crippen molar-refractivity contribution in [1.29, 1.82) is 0 Å². The van der Waals surface area contributed by atoms with Crippen LogP contribution in [0.15, 0.2) is 33.5 Å². The molecule has 0 radical (unpaired) electrons. The Hall–Kier alpha value is -2.14. The minimum atomic E-state index is -4.74. The molecule has 0 amide bonds. The smallest absolute Gasteiger partial charge is 0.417 e. The molecule has 1 aliphatic heterocycles. The van der Waals surface area contributed by atoms with Gasteiger partial charge in [0.15, 0.2) is 0 Å². The van der Waals surface area contributed by atoms with Gasteiger partial charge in [-0.1, -0.05) is 0 Å². The second-order valence-corrected chi connectivity index (χ2v) is 5.50. The van der Waals surface area contributed by atoms with Crippen molar-refractivity contribution in [2.75, 3.05) is 6.61 Å². The largest absolute Gasteiger partial charge is 0.462 e. The van der Waals surface area contributed by atoms with Crippen molar-refractivity contribution >= 4 is 11.0 Å². The molecule has 0 aliphatic carbocycles. The summed E-state index contributed by atoms with van der Waals surface area (Å²) >= 11 is 0. The summed E-state index contributed by atoms with van der Waals surface area (Å²) in [5, 5.41) is 28.4. The van der Waals surface area contributed by atoms with E-state index in [-0.39, 0.29) is 23.3 Å². The first-order valence-electron chi connectivity index (χ1n) is 7.14. The number of rotatable bonds is 2. The molecule has 4 atom stereocenters. The molecule has 3 N–H and O–H groups in total. The van der Waals surface area contributed by atoms with Gasteiger partial charge in [-0.3, -0.25) is 0 Å². The molecule has 1 aliphatic rings. The van der Waals surface area contributed by atoms with Gasteiger partial charge in [-0.05, 0) is 12.1 Å². The molecule has 10 heteroatoms. The van der Waals surface area contributed by atoms with Gasteiger partial charge in [-0.25, -0.2) is 4.79 Å². The van der Waals surface area contributed by atoms with Crippen LogP contribution in [-0.2, 0) is 10.9 Å². The first-order chi connectivity index (χ1) is 11.7. The lowest BCUT2D eigenvalue weighted by Crippen LogP contribution is -2.54. The van der Waals surface area contributed by atoms with Crippen LogP contribution in [0.4, 0.5) is 13.2 Å². The monoisotopic (exact) mass is 362 g/mol. The Kier molecular flexibility index (Phi) is 4.45. The van der Waals surface area contributed by atoms with Crippen molar-refractivity contribution in [2.24, 2.45) is 0 Å². The molecule has 0 unspecified atom stereocenters. The third-order valence-electron chi connectivity index (χ3n) is 3.73. The van der Waals surface area contributed by atoms with E-state index in [0.29, 0.717) is 6.07 Å². The fourth-order valence-electron chi connectivity index (χ4n) is 2.47. The molecule has 2 heterocycles. The van der Waals surface area contributed by atoms with E-state index in [0.717, 1.165) is 12.1 Å². The topological polar surface area (TPSA) is 109 Å². The summed E-state index contributed by atoms with van der Waals surface area (Å²) in [7, 11) is 0. The van der Waals surface area contributed by atoms with E-state index in [1.165, 1.54) is 6.07 Å². The average molecular weight is 362 g/mol. The number of hydrogen-bond donors (Lipinski definition) is 3. The fraction of sp³-hybridized carbons (Fsp3) is 0.400. The van der Waals surface area contributed by atoms with Crippen LogP contribution in [0.1, 0.15) is 5.56 Å². The summed E-state index contributed by atoms with van der Waals surface area (Å²) in [6, 6.07) is 3.62. The zero-order valence-corrected chi connectivity index (χ0v) is 12.4. The van der Waals surface area contributed by atoms with Crippen LogP contribution in [0.3, 0.4) is 0 Å². The van der Waals surface area contributed by atoms with Gasteiger partial charge < -0.3 is 29.2 Å². The van der Waals surface area contributed by atoms with E-state index in [4.69, 9.17) is 13.9 Å². The van der Waals surface area contributed by atoms with Crippen LogP contribution < -0.4 is 10.4 Å². The van der Waals surface area contributed by atoms with E-state index >= 15 is 0 Å². The molecule has 25 heavy (non-hydrogen) atoms. The number of benzene rings is 1. The molecule has 3 rings (SSSR count). The van der Waals surface area contributed by atoms with Gasteiger partial charge in [0.05, 0.1) is 12.2 Å². The Morgan fingerprint density at radius 1 is 1.12 bits per heavy atom. The predicted octanol–water partition coefficient (Wildman–Crippen LogP) is 0.630. The highest BCUT2D eigenvalue weighted by molar-refractivity contribution is 5.82. The average Bonchev–Trinajstić information content (AvgIpc) is 2.53. The minimum absolute atomic E-state index is 0.0531. The molecule has 0 bridgehead atoms. The molecule has 1 aromatic carbocycles. The number of hydrogen-bond acceptors (Lipinski definition) is 7. The number of ether oxygens (including phenoxy) is 2. The third-order valence-corrected chi connectivity index (χ3v) is 3.73. The molecule has 1 saturated heterocycles. The van der Waals surface area contributed by atoms with Crippen molar-refractivity contribution in [3.8, 4) is 5.75 Å². The number of halogens is 3. The molecule has 0 spiro atoms. The Balaban J connectivity index is 1.93. The highest BCUT2D eigenvalue weighted by Crippen LogP contribution is 2.35. The lowest BCUT2D eigenvalue weighted by molar-refractivity contribution is -0.242. The maximum Gasteiger partial charge on any atom is 0.417 e. The first-order valence-corrected chi connectivity index (χ1v) is 7.14. The second-order valence-electron chi connectivity index (χ2n) is 5.50. The molecular weight excluding hydrogens is 349 g/mol. The molecular formula is C15H13F3O7. The van der Waals surface area contributed by atoms with Crippen LogP contribution in [0.25, 0.3) is 11.0 Å². The van der Waals surface area contributed by atoms with E-state index in [1.807, 2.05) is 0 Å². The van der Waals surface area contributed by atoms with Crippen molar-refractivity contribution in [3.05, 3.63) is 40.2 Å². The lowest BCUT2D eigenvalue weighted by Gasteiger charge is -2.34. The number of aliphatic hydroxyl groups is 3. The van der Waals surface area contributed by atoms with Crippen LogP contribution in [0.2, 0.25) is 0 Å². The minimum Gasteiger partial charge on any atom is -0.462 e. The zero-order chi connectivity index (χ0) is 18.4. The summed E-state index contributed by atoms with van der Waals surface area (Å²) in [5.74, 6) is -0.0531. The van der Waals surface area contributed by atoms with Crippen molar-refractivity contribution < 1.29 is 42.4 Å². The lowest BCUT2D eigenvalue weighted by atomic mass is 10.1. The Labute approximate surface area is 137 Å². The van der Waals surface area contributed by atoms with Crippen LogP contribution in [0.5, 0.6) is 5.75 Å². The highest BCUT2D eigenvalue weighted by Gasteiger charge is 2.39. The maximum absolute atomic E-state index is 13.0. The molecule has 2 aromatic rings. The quantitative estimate of drug-likeness (QED) is 0.672. The third kappa shape index (κ3) is 3.47. The number of fused-ring (bicyclic) bond motifs is 1. The van der Waals surface area contributed by atoms with Gasteiger partial charge in [0, 0.05) is 17.5 Å². The van der Waals surface area contributed by atoms with Crippen molar-refractivity contribution in [1.82, 2.24) is 0 Å². The molecule has 7 nitrogen and oxygen atoms in total. The van der Waals surface area contributed by atoms with Gasteiger partial charge in [0.25, 0.3) is 0 Å². The van der Waals surface area contributed by atoms with Gasteiger partial charge in [0.2, 0.25) is 6.29 Å². The van der Waals surface area contributed by atoms with Crippen molar-refractivity contribution in [3.63, 3.8) is 0 Å². The first kappa shape index (κ1) is 17.7. The summed E-state index contributed by atoms with van der Waals surface area (Å²) in [4.78, 5) is 11.4. The molecule has 1 aromatic heterocycles. The van der Waals surface area contributed by atoms with Crippen LogP contribution in [0, 0.1) is 0 Å². The maximum atomic E-state index is 13.0. The fourth-order valence-corrected chi connectivity index (χ4v) is 2.47. The normalized spacial score (nSPS) is 27.4. The number of aliphatic hydroxyl groups excluding tert-OH is 3. The standard InChI is InChI=1S/C15H13F3O7/c16-15(17,18)8-4-11(20)25-10-3-6(1-2-7(8)10)24-14-13(22)12(21)9(19)5-23-14/h1-4,9,12-14,19,21-22H,5H2/t9-,12-,13+,14-/m0/s1. The van der Waals surface area contributed by atoms with Crippen LogP contribution in [-0.4, -0.2) is 46.5 Å². The van der Waals surface area contributed by atoms with Crippen LogP contribution >= 0.6 is 0 Å². The Bertz CT molecular complexity index is 832. The molecule has 1 fully saturated rings. The van der Waals surface area contributed by atoms with E-state index < -0.39 is 42.0 Å². The molecule has 136 valence electrons. The summed E-state index contributed by atoms with van der Waals surface area (Å²) in [6.45, 7) is -0.302. The van der Waals surface area contributed by atoms with E-state index in [9.17, 15) is 33.3 Å². The molecule has 0 saturated carbocycles. The Morgan fingerprint density at radius 3 is 2.52 bits per heavy atom. The summed E-state index contributed by atoms with van der Waals surface area (Å²) < 4.78 is 54.0. The Morgan fingerprint density at radius 2 is 1.84 bits per heavy atom. The van der Waals surface area contributed by atoms with Gasteiger partial charge in [-0.15, -0.1) is 0 Å². The van der Waals surface area contributed by atoms with Crippen molar-refractivity contribution in [2.45, 2.75) is 30.8 Å².